The van der Waals surface area contributed by atoms with Crippen LogP contribution >= 0.6 is 15.9 Å². The van der Waals surface area contributed by atoms with E-state index in [1.807, 2.05) is 5.43 Å². The number of hydrazine groups is 1. The molecule has 0 bridgehead atoms. The van der Waals surface area contributed by atoms with Gasteiger partial charge >= 0.3 is 0 Å². The van der Waals surface area contributed by atoms with Gasteiger partial charge in [0, 0.05) is 10.5 Å². The van der Waals surface area contributed by atoms with Crippen LogP contribution in [0, 0.1) is 0 Å². The lowest BCUT2D eigenvalue weighted by molar-refractivity contribution is 0.0947. The van der Waals surface area contributed by atoms with Crippen molar-refractivity contribution < 1.29 is 9.53 Å². The lowest BCUT2D eigenvalue weighted by Crippen LogP contribution is -2.31. The zero-order chi connectivity index (χ0) is 9.84. The molecule has 0 radical (unpaired) electrons. The number of hydrogen-bond donors (Lipinski definition) is 2. The number of carbonyl (C=O) groups excluding carboxylic acids is 1. The van der Waals surface area contributed by atoms with Crippen LogP contribution in [0.3, 0.4) is 0 Å². The van der Waals surface area contributed by atoms with E-state index in [0.29, 0.717) is 10.4 Å². The number of hydrogen-bond acceptors (Lipinski definition) is 4. The van der Waals surface area contributed by atoms with Crippen molar-refractivity contribution in [2.75, 3.05) is 7.11 Å². The summed E-state index contributed by atoms with van der Waals surface area (Å²) in [5.74, 6) is 4.86. The lowest BCUT2D eigenvalue weighted by atomic mass is 10.3. The predicted molar refractivity (Wildman–Crippen MR) is 50.1 cm³/mol. The van der Waals surface area contributed by atoms with E-state index in [-0.39, 0.29) is 5.69 Å². The highest BCUT2D eigenvalue weighted by Crippen LogP contribution is 2.17. The summed E-state index contributed by atoms with van der Waals surface area (Å²) in [6, 6.07) is 3.30. The number of rotatable bonds is 2. The molecule has 0 aliphatic carbocycles. The summed E-state index contributed by atoms with van der Waals surface area (Å²) in [6.45, 7) is 0. The zero-order valence-electron chi connectivity index (χ0n) is 6.87. The molecule has 1 rings (SSSR count). The third-order valence-electron chi connectivity index (χ3n) is 1.38. The topological polar surface area (TPSA) is 77.2 Å². The summed E-state index contributed by atoms with van der Waals surface area (Å²) >= 11 is 3.17. The molecule has 0 atom stereocenters. The van der Waals surface area contributed by atoms with Gasteiger partial charge in [0.05, 0.1) is 7.11 Å². The van der Waals surface area contributed by atoms with Crippen molar-refractivity contribution in [3.63, 3.8) is 0 Å². The summed E-state index contributed by atoms with van der Waals surface area (Å²) in [6.07, 6.45) is 0. The molecule has 3 N–H and O–H groups in total. The van der Waals surface area contributed by atoms with Crippen molar-refractivity contribution in [3.8, 4) is 5.88 Å². The van der Waals surface area contributed by atoms with E-state index in [1.54, 1.807) is 12.1 Å². The minimum Gasteiger partial charge on any atom is -0.481 e. The quantitative estimate of drug-likeness (QED) is 0.451. The third kappa shape index (κ3) is 2.16. The van der Waals surface area contributed by atoms with Crippen molar-refractivity contribution in [1.29, 1.82) is 0 Å². The average molecular weight is 246 g/mol. The minimum atomic E-state index is -0.467. The highest BCUT2D eigenvalue weighted by atomic mass is 79.9. The first-order valence-electron chi connectivity index (χ1n) is 3.40. The van der Waals surface area contributed by atoms with Gasteiger partial charge in [0.15, 0.2) is 0 Å². The third-order valence-corrected chi connectivity index (χ3v) is 2.02. The molecule has 6 heteroatoms. The fourth-order valence-corrected chi connectivity index (χ4v) is 1.17. The zero-order valence-corrected chi connectivity index (χ0v) is 8.46. The Labute approximate surface area is 83.4 Å². The Kier molecular flexibility index (Phi) is 3.21. The largest absolute Gasteiger partial charge is 0.481 e. The van der Waals surface area contributed by atoms with Crippen molar-refractivity contribution in [1.82, 2.24) is 10.4 Å². The number of carbonyl (C=O) groups is 1. The van der Waals surface area contributed by atoms with Gasteiger partial charge in [0.25, 0.3) is 5.91 Å². The number of nitrogens with one attached hydrogen (secondary N) is 1. The monoisotopic (exact) mass is 245 g/mol. The Morgan fingerprint density at radius 1 is 1.69 bits per heavy atom. The summed E-state index contributed by atoms with van der Waals surface area (Å²) in [5.41, 5.74) is 2.18. The first-order valence-corrected chi connectivity index (χ1v) is 4.20. The van der Waals surface area contributed by atoms with E-state index in [0.717, 1.165) is 0 Å². The summed E-state index contributed by atoms with van der Waals surface area (Å²) in [4.78, 5) is 15.0. The Balaban J connectivity index is 3.11. The predicted octanol–water partition coefficient (Wildman–Crippen LogP) is 0.456. The maximum Gasteiger partial charge on any atom is 0.285 e. The minimum absolute atomic E-state index is 0.196. The number of nitrogens with zero attached hydrogens (tertiary/aromatic N) is 1. The number of nitrogen functional groups attached to an aromatic ring is 1. The van der Waals surface area contributed by atoms with E-state index in [2.05, 4.69) is 20.9 Å². The lowest BCUT2D eigenvalue weighted by Gasteiger charge is -2.03. The van der Waals surface area contributed by atoms with Gasteiger partial charge in [0.1, 0.15) is 5.69 Å². The fourth-order valence-electron chi connectivity index (χ4n) is 0.766. The first kappa shape index (κ1) is 9.94. The second-order valence-electron chi connectivity index (χ2n) is 2.16. The van der Waals surface area contributed by atoms with Crippen LogP contribution in [0.4, 0.5) is 0 Å². The van der Waals surface area contributed by atoms with Gasteiger partial charge in [-0.25, -0.2) is 10.8 Å². The van der Waals surface area contributed by atoms with Crippen LogP contribution in [0.2, 0.25) is 0 Å². The van der Waals surface area contributed by atoms with Gasteiger partial charge in [-0.05, 0) is 22.0 Å². The number of pyridine rings is 1. The van der Waals surface area contributed by atoms with Crippen LogP contribution in [0.25, 0.3) is 0 Å². The van der Waals surface area contributed by atoms with Crippen LogP contribution in [0.15, 0.2) is 16.6 Å². The SMILES string of the molecule is COc1ccc(Br)c(C(=O)NN)n1. The summed E-state index contributed by atoms with van der Waals surface area (Å²) in [5, 5.41) is 0. The van der Waals surface area contributed by atoms with E-state index in [9.17, 15) is 4.79 Å². The van der Waals surface area contributed by atoms with Gasteiger partial charge in [-0.1, -0.05) is 0 Å². The molecular formula is C7H8BrN3O2. The molecule has 0 aliphatic heterocycles. The molecule has 13 heavy (non-hydrogen) atoms. The highest BCUT2D eigenvalue weighted by Gasteiger charge is 2.11. The summed E-state index contributed by atoms with van der Waals surface area (Å²) in [7, 11) is 1.47. The maximum atomic E-state index is 11.1. The molecule has 0 aliphatic rings. The van der Waals surface area contributed by atoms with Crippen molar-refractivity contribution in [3.05, 3.63) is 22.3 Å². The standard InChI is InChI=1S/C7H8BrN3O2/c1-13-5-3-2-4(8)6(10-5)7(12)11-9/h2-3H,9H2,1H3,(H,11,12). The van der Waals surface area contributed by atoms with Crippen LogP contribution in [0.5, 0.6) is 5.88 Å². The Bertz CT molecular complexity index is 330. The molecule has 0 unspecified atom stereocenters. The van der Waals surface area contributed by atoms with Gasteiger partial charge in [-0.15, -0.1) is 0 Å². The number of amides is 1. The van der Waals surface area contributed by atoms with Crippen LogP contribution in [-0.2, 0) is 0 Å². The van der Waals surface area contributed by atoms with Gasteiger partial charge in [0.2, 0.25) is 5.88 Å². The van der Waals surface area contributed by atoms with Gasteiger partial charge in [-0.3, -0.25) is 10.2 Å². The number of halogens is 1. The van der Waals surface area contributed by atoms with Crippen LogP contribution in [-0.4, -0.2) is 18.0 Å². The molecule has 5 nitrogen and oxygen atoms in total. The van der Waals surface area contributed by atoms with Crippen molar-refractivity contribution >= 4 is 21.8 Å². The van der Waals surface area contributed by atoms with E-state index in [4.69, 9.17) is 10.6 Å². The molecule has 1 amide bonds. The van der Waals surface area contributed by atoms with Crippen LogP contribution < -0.4 is 16.0 Å². The molecule has 1 heterocycles. The summed E-state index contributed by atoms with van der Waals surface area (Å²) < 4.78 is 5.42. The molecule has 1 aromatic rings. The number of ether oxygens (including phenoxy) is 1. The fraction of sp³-hybridized carbons (Fsp3) is 0.143. The Morgan fingerprint density at radius 3 is 2.92 bits per heavy atom. The molecule has 70 valence electrons. The van der Waals surface area contributed by atoms with Crippen molar-refractivity contribution in [2.24, 2.45) is 5.84 Å². The smallest absolute Gasteiger partial charge is 0.285 e. The Morgan fingerprint density at radius 2 is 2.38 bits per heavy atom. The molecule has 0 saturated heterocycles. The average Bonchev–Trinajstić information content (AvgIpc) is 2.17. The van der Waals surface area contributed by atoms with Crippen molar-refractivity contribution in [2.45, 2.75) is 0 Å². The number of nitrogens with two attached hydrogens (primary N) is 1. The molecule has 0 spiro atoms. The normalized spacial score (nSPS) is 9.46. The van der Waals surface area contributed by atoms with E-state index >= 15 is 0 Å². The second kappa shape index (κ2) is 4.20. The maximum absolute atomic E-state index is 11.1. The molecular weight excluding hydrogens is 238 g/mol. The highest BCUT2D eigenvalue weighted by molar-refractivity contribution is 9.10. The number of methoxy groups -OCH3 is 1. The molecule has 0 saturated carbocycles. The van der Waals surface area contributed by atoms with Gasteiger partial charge in [-0.2, -0.15) is 0 Å². The number of aromatic nitrogens is 1. The van der Waals surface area contributed by atoms with Crippen LogP contribution in [0.1, 0.15) is 10.5 Å². The van der Waals surface area contributed by atoms with E-state index in [1.165, 1.54) is 7.11 Å². The molecule has 0 aromatic carbocycles. The molecule has 0 fully saturated rings. The Hall–Kier alpha value is -1.14. The van der Waals surface area contributed by atoms with E-state index < -0.39 is 5.91 Å². The molecule has 1 aromatic heterocycles. The first-order chi connectivity index (χ1) is 6.19. The van der Waals surface area contributed by atoms with Gasteiger partial charge < -0.3 is 4.74 Å². The second-order valence-corrected chi connectivity index (χ2v) is 3.01.